The maximum Gasteiger partial charge on any atom is 0.253 e. The number of carbonyl (C=O) groups excluding carboxylic acids is 2. The van der Waals surface area contributed by atoms with E-state index in [0.717, 1.165) is 41.8 Å². The number of benzene rings is 1. The zero-order valence-corrected chi connectivity index (χ0v) is 22.5. The topological polar surface area (TPSA) is 84.4 Å². The summed E-state index contributed by atoms with van der Waals surface area (Å²) in [5, 5.41) is 11.2. The van der Waals surface area contributed by atoms with E-state index in [0.29, 0.717) is 29.6 Å². The summed E-state index contributed by atoms with van der Waals surface area (Å²) < 4.78 is 7.75. The molecule has 0 spiro atoms. The molecule has 2 aromatic rings. The first-order valence-electron chi connectivity index (χ1n) is 13.3. The molecule has 2 bridgehead atoms. The van der Waals surface area contributed by atoms with Crippen LogP contribution >= 0.6 is 11.8 Å². The van der Waals surface area contributed by atoms with Gasteiger partial charge in [0, 0.05) is 46.0 Å². The molecule has 36 heavy (non-hydrogen) atoms. The Morgan fingerprint density at radius 3 is 2.67 bits per heavy atom. The Kier molecular flexibility index (Phi) is 5.93. The van der Waals surface area contributed by atoms with Crippen molar-refractivity contribution in [1.29, 1.82) is 0 Å². The van der Waals surface area contributed by atoms with Gasteiger partial charge in [-0.05, 0) is 64.2 Å². The lowest BCUT2D eigenvalue weighted by molar-refractivity contribution is -0.197. The number of ether oxygens (including phenoxy) is 1. The first-order chi connectivity index (χ1) is 17.3. The molecular formula is C28H38N4O3S. The molecule has 3 heterocycles. The highest BCUT2D eigenvalue weighted by Gasteiger charge is 2.70. The van der Waals surface area contributed by atoms with Crippen molar-refractivity contribution in [2.45, 2.75) is 75.4 Å². The molecule has 7 rings (SSSR count). The van der Waals surface area contributed by atoms with Crippen LogP contribution < -0.4 is 16.0 Å². The highest BCUT2D eigenvalue weighted by atomic mass is 32.2. The fourth-order valence-electron chi connectivity index (χ4n) is 7.53. The predicted molar refractivity (Wildman–Crippen MR) is 143 cm³/mol. The maximum atomic E-state index is 13.6. The van der Waals surface area contributed by atoms with Gasteiger partial charge in [-0.3, -0.25) is 9.59 Å². The number of rotatable bonds is 8. The van der Waals surface area contributed by atoms with Gasteiger partial charge in [0.05, 0.1) is 30.7 Å². The minimum atomic E-state index is -0.210. The van der Waals surface area contributed by atoms with Crippen molar-refractivity contribution in [3.63, 3.8) is 0 Å². The summed E-state index contributed by atoms with van der Waals surface area (Å²) >= 11 is 1.72. The fourth-order valence-corrected chi connectivity index (χ4v) is 8.56. The molecule has 3 aliphatic carbocycles. The monoisotopic (exact) mass is 510 g/mol. The van der Waals surface area contributed by atoms with Crippen molar-refractivity contribution in [2.24, 2.45) is 11.3 Å². The van der Waals surface area contributed by atoms with Gasteiger partial charge in [-0.15, -0.1) is 0 Å². The molecule has 5 fully saturated rings. The predicted octanol–water partition coefficient (Wildman–Crippen LogP) is 3.41. The van der Waals surface area contributed by atoms with E-state index >= 15 is 0 Å². The molecule has 3 N–H and O–H groups in total. The standard InChI is InChI=1S/C28H38N4O3S/c1-16-9-23(36-4)21(25(33)30-16)10-29-26(34)24-17(2)32(22-8-6-5-7-20(22)24)18(3)27-13-28(14-27,15-27)31-19-11-35-12-19/h5-8,16,18-19,21,23,31H,9-15H2,1-4H3,(H,29,34)(H,30,33)/t16?,18-,21?,23?,27?,28?/m1/s1. The third-order valence-electron chi connectivity index (χ3n) is 9.42. The Balaban J connectivity index is 1.21. The Morgan fingerprint density at radius 2 is 2.00 bits per heavy atom. The number of nitrogens with one attached hydrogen (secondary N) is 3. The fraction of sp³-hybridized carbons (Fsp3) is 0.643. The second-order valence-corrected chi connectivity index (χ2v) is 12.9. The van der Waals surface area contributed by atoms with E-state index in [-0.39, 0.29) is 29.0 Å². The molecule has 5 aliphatic rings. The molecule has 1 aromatic heterocycles. The van der Waals surface area contributed by atoms with Crippen LogP contribution in [0.15, 0.2) is 24.3 Å². The molecule has 4 atom stereocenters. The lowest BCUT2D eigenvalue weighted by Gasteiger charge is -2.74. The number of aromatic nitrogens is 1. The van der Waals surface area contributed by atoms with E-state index in [9.17, 15) is 9.59 Å². The van der Waals surface area contributed by atoms with Crippen LogP contribution in [0.3, 0.4) is 0 Å². The Hall–Kier alpha value is -2.03. The molecule has 0 radical (unpaired) electrons. The van der Waals surface area contributed by atoms with Crippen molar-refractivity contribution in [3.8, 4) is 0 Å². The third-order valence-corrected chi connectivity index (χ3v) is 10.5. The normalized spacial score (nSPS) is 34.3. The van der Waals surface area contributed by atoms with Crippen molar-refractivity contribution in [1.82, 2.24) is 20.5 Å². The van der Waals surface area contributed by atoms with Crippen LogP contribution in [0, 0.1) is 18.3 Å². The largest absolute Gasteiger partial charge is 0.378 e. The first kappa shape index (κ1) is 24.3. The zero-order chi connectivity index (χ0) is 25.2. The number of nitrogens with zero attached hydrogens (tertiary/aromatic N) is 1. The summed E-state index contributed by atoms with van der Waals surface area (Å²) in [5.41, 5.74) is 3.47. The van der Waals surface area contributed by atoms with Gasteiger partial charge in [0.2, 0.25) is 5.91 Å². The van der Waals surface area contributed by atoms with Crippen molar-refractivity contribution in [2.75, 3.05) is 26.0 Å². The molecule has 7 nitrogen and oxygen atoms in total. The van der Waals surface area contributed by atoms with Crippen molar-refractivity contribution >= 4 is 34.5 Å². The van der Waals surface area contributed by atoms with Crippen LogP contribution in [-0.2, 0) is 9.53 Å². The van der Waals surface area contributed by atoms with Gasteiger partial charge in [0.25, 0.3) is 5.91 Å². The van der Waals surface area contributed by atoms with Crippen LogP contribution in [0.4, 0.5) is 0 Å². The average Bonchev–Trinajstić information content (AvgIpc) is 3.06. The molecule has 3 saturated carbocycles. The van der Waals surface area contributed by atoms with Gasteiger partial charge in [-0.2, -0.15) is 11.8 Å². The number of hydrogen-bond donors (Lipinski definition) is 3. The van der Waals surface area contributed by atoms with Gasteiger partial charge in [-0.1, -0.05) is 18.2 Å². The highest BCUT2D eigenvalue weighted by molar-refractivity contribution is 7.99. The molecule has 2 amide bonds. The summed E-state index contributed by atoms with van der Waals surface area (Å²) in [6.45, 7) is 8.48. The van der Waals surface area contributed by atoms with E-state index in [1.54, 1.807) is 11.8 Å². The number of amides is 2. The first-order valence-corrected chi connectivity index (χ1v) is 14.6. The average molecular weight is 511 g/mol. The zero-order valence-electron chi connectivity index (χ0n) is 21.7. The van der Waals surface area contributed by atoms with Gasteiger partial charge >= 0.3 is 0 Å². The number of thioether (sulfide) groups is 1. The van der Waals surface area contributed by atoms with Crippen LogP contribution in [-0.4, -0.2) is 65.3 Å². The summed E-state index contributed by atoms with van der Waals surface area (Å²) in [6, 6.07) is 9.28. The quantitative estimate of drug-likeness (QED) is 0.507. The maximum absolute atomic E-state index is 13.6. The Bertz CT molecular complexity index is 1190. The van der Waals surface area contributed by atoms with Crippen LogP contribution in [0.2, 0.25) is 0 Å². The third kappa shape index (κ3) is 3.71. The summed E-state index contributed by atoms with van der Waals surface area (Å²) in [5.74, 6) is -0.249. The molecule has 194 valence electrons. The lowest BCUT2D eigenvalue weighted by Crippen LogP contribution is -2.78. The molecular weight excluding hydrogens is 472 g/mol. The van der Waals surface area contributed by atoms with E-state index in [1.807, 2.05) is 13.0 Å². The summed E-state index contributed by atoms with van der Waals surface area (Å²) in [4.78, 5) is 26.3. The minimum Gasteiger partial charge on any atom is -0.378 e. The summed E-state index contributed by atoms with van der Waals surface area (Å²) in [6.07, 6.45) is 6.55. The van der Waals surface area contributed by atoms with Gasteiger partial charge < -0.3 is 25.3 Å². The highest BCUT2D eigenvalue weighted by Crippen LogP contribution is 2.72. The van der Waals surface area contributed by atoms with E-state index in [4.69, 9.17) is 4.74 Å². The lowest BCUT2D eigenvalue weighted by atomic mass is 9.37. The van der Waals surface area contributed by atoms with Crippen molar-refractivity contribution in [3.05, 3.63) is 35.5 Å². The van der Waals surface area contributed by atoms with E-state index < -0.39 is 0 Å². The van der Waals surface area contributed by atoms with Gasteiger partial charge in [-0.25, -0.2) is 0 Å². The second kappa shape index (κ2) is 8.77. The number of para-hydroxylation sites is 1. The molecule has 8 heteroatoms. The smallest absolute Gasteiger partial charge is 0.253 e. The number of piperidine rings is 1. The summed E-state index contributed by atoms with van der Waals surface area (Å²) in [7, 11) is 0. The van der Waals surface area contributed by atoms with Gasteiger partial charge in [0.15, 0.2) is 0 Å². The second-order valence-electron chi connectivity index (χ2n) is 11.8. The van der Waals surface area contributed by atoms with Crippen LogP contribution in [0.25, 0.3) is 10.9 Å². The number of hydrogen-bond acceptors (Lipinski definition) is 5. The van der Waals surface area contributed by atoms with Gasteiger partial charge in [0.1, 0.15) is 0 Å². The minimum absolute atomic E-state index is 0.0424. The van der Waals surface area contributed by atoms with E-state index in [1.165, 1.54) is 19.3 Å². The Labute approximate surface area is 217 Å². The van der Waals surface area contributed by atoms with Crippen LogP contribution in [0.5, 0.6) is 0 Å². The SMILES string of the molecule is CSC1CC(C)NC(=O)C1CNC(=O)c1c(C)n([C@H](C)C23CC(NC4COC4)(C2)C3)c2ccccc12. The molecule has 3 unspecified atom stereocenters. The van der Waals surface area contributed by atoms with E-state index in [2.05, 4.69) is 58.8 Å². The Morgan fingerprint density at radius 1 is 1.28 bits per heavy atom. The molecule has 2 saturated heterocycles. The molecule has 1 aromatic carbocycles. The number of fused-ring (bicyclic) bond motifs is 1. The van der Waals surface area contributed by atoms with Crippen molar-refractivity contribution < 1.29 is 14.3 Å². The number of carbonyl (C=O) groups is 2. The van der Waals surface area contributed by atoms with Crippen LogP contribution in [0.1, 0.15) is 61.6 Å². The molecule has 2 aliphatic heterocycles.